The summed E-state index contributed by atoms with van der Waals surface area (Å²) in [5, 5.41) is 5.01. The van der Waals surface area contributed by atoms with Crippen molar-refractivity contribution in [1.29, 1.82) is 0 Å². The first kappa shape index (κ1) is 23.7. The van der Waals surface area contributed by atoms with E-state index >= 15 is 0 Å². The summed E-state index contributed by atoms with van der Waals surface area (Å²) in [6, 6.07) is 32.9. The van der Waals surface area contributed by atoms with E-state index in [0.717, 1.165) is 11.6 Å². The molecular weight excluding hydrogens is 898 g/mol. The predicted molar refractivity (Wildman–Crippen MR) is 184 cm³/mol. The van der Waals surface area contributed by atoms with Crippen LogP contribution in [-0.2, 0) is 0 Å². The minimum absolute atomic E-state index is 0.918. The summed E-state index contributed by atoms with van der Waals surface area (Å²) in [5.41, 5.74) is 4.68. The maximum absolute atomic E-state index is 5.27. The van der Waals surface area contributed by atoms with Gasteiger partial charge in [-0.25, -0.2) is 4.98 Å². The van der Waals surface area contributed by atoms with Crippen molar-refractivity contribution in [2.45, 2.75) is 0 Å². The molecule has 0 aliphatic heterocycles. The molecule has 0 saturated carbocycles. The van der Waals surface area contributed by atoms with Gasteiger partial charge in [-0.15, -0.1) is 0 Å². The average molecular weight is 913 g/mol. The summed E-state index contributed by atoms with van der Waals surface area (Å²) >= 11 is 9.58. The number of fused-ring (bicyclic) bond motifs is 6. The molecule has 0 saturated heterocycles. The first-order chi connectivity index (χ1) is 17.5. The number of aromatic nitrogens is 3. The normalized spacial score (nSPS) is 11.9. The molecule has 3 heterocycles. The zero-order valence-corrected chi connectivity index (χ0v) is 27.1. The molecule has 36 heavy (non-hydrogen) atoms. The number of nitrogens with zero attached hydrogens (tertiary/aromatic N) is 3. The molecule has 0 amide bonds. The SMILES string of the molecule is Ic1ccc2c(c1)c1cc(I)ccc1n2-c1cccc(-n2c3ccc(I)cc3c3cc(I)ccc32)n1. The van der Waals surface area contributed by atoms with Crippen LogP contribution in [-0.4, -0.2) is 14.1 Å². The van der Waals surface area contributed by atoms with E-state index in [1.807, 2.05) is 0 Å². The van der Waals surface area contributed by atoms with E-state index in [0.29, 0.717) is 0 Å². The smallest absolute Gasteiger partial charge is 0.140 e. The largest absolute Gasteiger partial charge is 0.294 e. The molecule has 3 aromatic heterocycles. The van der Waals surface area contributed by atoms with Crippen molar-refractivity contribution in [2.24, 2.45) is 0 Å². The third-order valence-corrected chi connectivity index (χ3v) is 9.24. The van der Waals surface area contributed by atoms with Crippen LogP contribution in [0, 0.1) is 14.3 Å². The molecule has 0 radical (unpaired) electrons. The van der Waals surface area contributed by atoms with Crippen molar-refractivity contribution in [2.75, 3.05) is 0 Å². The fourth-order valence-electron chi connectivity index (χ4n) is 5.09. The van der Waals surface area contributed by atoms with Gasteiger partial charge in [0.1, 0.15) is 11.6 Å². The summed E-state index contributed by atoms with van der Waals surface area (Å²) in [7, 11) is 0. The molecule has 0 N–H and O–H groups in total. The van der Waals surface area contributed by atoms with Crippen LogP contribution in [0.2, 0.25) is 0 Å². The van der Waals surface area contributed by atoms with Crippen molar-refractivity contribution >= 4 is 134 Å². The lowest BCUT2D eigenvalue weighted by Crippen LogP contribution is -2.03. The van der Waals surface area contributed by atoms with E-state index in [2.05, 4.69) is 190 Å². The van der Waals surface area contributed by atoms with Crippen molar-refractivity contribution in [3.8, 4) is 11.6 Å². The van der Waals surface area contributed by atoms with Gasteiger partial charge in [0.15, 0.2) is 0 Å². The van der Waals surface area contributed by atoms with Gasteiger partial charge in [0.05, 0.1) is 22.1 Å². The van der Waals surface area contributed by atoms with Crippen LogP contribution in [0.4, 0.5) is 0 Å². The van der Waals surface area contributed by atoms with E-state index in [1.165, 1.54) is 57.9 Å². The van der Waals surface area contributed by atoms with E-state index in [-0.39, 0.29) is 0 Å². The Balaban J connectivity index is 1.54. The Hall–Kier alpha value is -1.45. The van der Waals surface area contributed by atoms with Crippen molar-refractivity contribution in [3.05, 3.63) is 105 Å². The first-order valence-electron chi connectivity index (χ1n) is 11.2. The number of halogens is 4. The van der Waals surface area contributed by atoms with Crippen LogP contribution < -0.4 is 0 Å². The average Bonchev–Trinajstić information content (AvgIpc) is 3.35. The monoisotopic (exact) mass is 913 g/mol. The maximum Gasteiger partial charge on any atom is 0.140 e. The Morgan fingerprint density at radius 2 is 0.722 bits per heavy atom. The van der Waals surface area contributed by atoms with Gasteiger partial charge in [-0.05, 0) is 175 Å². The topological polar surface area (TPSA) is 22.8 Å². The second kappa shape index (κ2) is 9.09. The number of benzene rings is 4. The number of hydrogen-bond acceptors (Lipinski definition) is 1. The summed E-state index contributed by atoms with van der Waals surface area (Å²) in [4.78, 5) is 5.27. The zero-order chi connectivity index (χ0) is 24.6. The lowest BCUT2D eigenvalue weighted by Gasteiger charge is -2.11. The van der Waals surface area contributed by atoms with Gasteiger partial charge >= 0.3 is 0 Å². The van der Waals surface area contributed by atoms with Crippen molar-refractivity contribution < 1.29 is 0 Å². The lowest BCUT2D eigenvalue weighted by atomic mass is 10.2. The number of hydrogen-bond donors (Lipinski definition) is 0. The second-order valence-corrected chi connectivity index (χ2v) is 13.7. The van der Waals surface area contributed by atoms with Crippen LogP contribution >= 0.6 is 90.4 Å². The van der Waals surface area contributed by atoms with Crippen LogP contribution in [0.1, 0.15) is 0 Å². The van der Waals surface area contributed by atoms with Crippen molar-refractivity contribution in [3.63, 3.8) is 0 Å². The highest BCUT2D eigenvalue weighted by atomic mass is 127. The summed E-state index contributed by atoms with van der Waals surface area (Å²) in [6.45, 7) is 0. The highest BCUT2D eigenvalue weighted by Crippen LogP contribution is 2.36. The fraction of sp³-hybridized carbons (Fsp3) is 0. The van der Waals surface area contributed by atoms with E-state index in [9.17, 15) is 0 Å². The predicted octanol–water partition coefficient (Wildman–Crippen LogP) is 9.69. The molecule has 0 aliphatic carbocycles. The molecule has 7 heteroatoms. The van der Waals surface area contributed by atoms with E-state index in [4.69, 9.17) is 4.98 Å². The maximum atomic E-state index is 5.27. The van der Waals surface area contributed by atoms with Gasteiger partial charge in [-0.3, -0.25) is 9.13 Å². The van der Waals surface area contributed by atoms with Crippen molar-refractivity contribution in [1.82, 2.24) is 14.1 Å². The molecular formula is C29H15I4N3. The summed E-state index contributed by atoms with van der Waals surface area (Å²) < 4.78 is 9.51. The molecule has 0 unspecified atom stereocenters. The standard InChI is InChI=1S/C29H15I4N3/c30-16-4-8-24-20(12-16)21-13-17(31)5-9-25(21)35(24)28-2-1-3-29(34-28)36-26-10-6-18(32)14-22(26)23-15-19(33)7-11-27(23)36/h1-15H. The highest BCUT2D eigenvalue weighted by molar-refractivity contribution is 14.1. The minimum atomic E-state index is 0.918. The van der Waals surface area contributed by atoms with Gasteiger partial charge in [0, 0.05) is 35.8 Å². The molecule has 0 spiro atoms. The summed E-state index contributed by atoms with van der Waals surface area (Å²) in [5.74, 6) is 1.84. The Bertz CT molecular complexity index is 1740. The molecule has 0 atom stereocenters. The Morgan fingerprint density at radius 1 is 0.417 bits per heavy atom. The third-order valence-electron chi connectivity index (χ3n) is 6.56. The number of rotatable bonds is 2. The molecule has 4 aromatic carbocycles. The van der Waals surface area contributed by atoms with Gasteiger partial charge < -0.3 is 0 Å². The molecule has 7 aromatic rings. The zero-order valence-electron chi connectivity index (χ0n) is 18.5. The molecule has 0 fully saturated rings. The minimum Gasteiger partial charge on any atom is -0.294 e. The van der Waals surface area contributed by atoms with Crippen LogP contribution in [0.25, 0.3) is 55.2 Å². The summed E-state index contributed by atoms with van der Waals surface area (Å²) in [6.07, 6.45) is 0. The number of pyridine rings is 1. The van der Waals surface area contributed by atoms with Gasteiger partial charge in [-0.2, -0.15) is 0 Å². The third kappa shape index (κ3) is 3.78. The molecule has 0 aliphatic rings. The van der Waals surface area contributed by atoms with Gasteiger partial charge in [0.2, 0.25) is 0 Å². The lowest BCUT2D eigenvalue weighted by molar-refractivity contribution is 1.01. The van der Waals surface area contributed by atoms with Crippen LogP contribution in [0.5, 0.6) is 0 Å². The van der Waals surface area contributed by atoms with Gasteiger partial charge in [0.25, 0.3) is 0 Å². The highest BCUT2D eigenvalue weighted by Gasteiger charge is 2.17. The molecule has 174 valence electrons. The van der Waals surface area contributed by atoms with E-state index in [1.54, 1.807) is 0 Å². The van der Waals surface area contributed by atoms with Crippen LogP contribution in [0.15, 0.2) is 91.0 Å². The second-order valence-electron chi connectivity index (χ2n) is 8.67. The Morgan fingerprint density at radius 3 is 1.03 bits per heavy atom. The Labute approximate surface area is 261 Å². The first-order valence-corrected chi connectivity index (χ1v) is 15.6. The molecule has 0 bridgehead atoms. The molecule has 7 rings (SSSR count). The molecule has 3 nitrogen and oxygen atoms in total. The van der Waals surface area contributed by atoms with Crippen LogP contribution in [0.3, 0.4) is 0 Å². The van der Waals surface area contributed by atoms with Gasteiger partial charge in [-0.1, -0.05) is 6.07 Å². The quantitative estimate of drug-likeness (QED) is 0.159. The Kier molecular flexibility index (Phi) is 5.97. The fourth-order valence-corrected chi connectivity index (χ4v) is 7.06. The van der Waals surface area contributed by atoms with E-state index < -0.39 is 0 Å².